The molecule has 6 aliphatic carbocycles. The second-order valence-corrected chi connectivity index (χ2v) is 29.2. The third kappa shape index (κ3) is 12.3. The van der Waals surface area contributed by atoms with Crippen LogP contribution in [0, 0.1) is 65.1 Å². The summed E-state index contributed by atoms with van der Waals surface area (Å²) in [7, 11) is 1.83. The van der Waals surface area contributed by atoms with E-state index in [1.54, 1.807) is 13.0 Å². The van der Waals surface area contributed by atoms with Crippen molar-refractivity contribution in [1.82, 2.24) is 5.32 Å². The average molecular weight is 1220 g/mol. The van der Waals surface area contributed by atoms with E-state index in [2.05, 4.69) is 52.5 Å². The molecule has 3 aromatic carbocycles. The van der Waals surface area contributed by atoms with Gasteiger partial charge in [0, 0.05) is 71.5 Å². The Morgan fingerprint density at radius 3 is 2.30 bits per heavy atom. The van der Waals surface area contributed by atoms with Crippen LogP contribution >= 0.6 is 0 Å². The molecule has 14 bridgehead atoms. The monoisotopic (exact) mass is 1210 g/mol. The second kappa shape index (κ2) is 25.9. The lowest BCUT2D eigenvalue weighted by atomic mass is 9.48. The number of phenolic OH excluding ortho intramolecular Hbond substituents is 1. The summed E-state index contributed by atoms with van der Waals surface area (Å²) >= 11 is 0. The summed E-state index contributed by atoms with van der Waals surface area (Å²) in [6, 6.07) is 15.9. The largest absolute Gasteiger partial charge is 0.507 e. The summed E-state index contributed by atoms with van der Waals surface area (Å²) in [6.07, 6.45) is 13.6. The summed E-state index contributed by atoms with van der Waals surface area (Å²) in [6.45, 7) is 1.78. The molecule has 3 aromatic rings. The molecule has 6 saturated carbocycles. The molecule has 0 saturated heterocycles. The van der Waals surface area contributed by atoms with Gasteiger partial charge in [0.1, 0.15) is 40.7 Å². The van der Waals surface area contributed by atoms with Crippen molar-refractivity contribution in [2.45, 2.75) is 232 Å². The van der Waals surface area contributed by atoms with E-state index in [0.29, 0.717) is 77.9 Å². The van der Waals surface area contributed by atoms with Crippen LogP contribution < -0.4 is 15.4 Å². The number of Topliss-reactive ketones (excluding diaryl/α,β-unsaturated/α-hetero) is 1. The molecule has 8 N–H and O–H groups in total. The number of phenols is 1. The van der Waals surface area contributed by atoms with Crippen LogP contribution in [0.3, 0.4) is 0 Å². The zero-order chi connectivity index (χ0) is 61.8. The van der Waals surface area contributed by atoms with Crippen molar-refractivity contribution < 1.29 is 59.2 Å². The number of aliphatic hydroxyl groups excluding tert-OH is 3. The molecule has 14 rings (SSSR count). The fourth-order valence-corrected chi connectivity index (χ4v) is 18.6. The molecule has 14 nitrogen and oxygen atoms in total. The van der Waals surface area contributed by atoms with Crippen LogP contribution in [0.1, 0.15) is 217 Å². The van der Waals surface area contributed by atoms with E-state index in [4.69, 9.17) is 14.2 Å². The Bertz CT molecular complexity index is 3310. The zero-order valence-electron chi connectivity index (χ0n) is 52.3. The predicted molar refractivity (Wildman–Crippen MR) is 338 cm³/mol. The summed E-state index contributed by atoms with van der Waals surface area (Å²) in [5.41, 5.74) is 1.27. The van der Waals surface area contributed by atoms with Gasteiger partial charge in [-0.3, -0.25) is 9.59 Å². The maximum Gasteiger partial charge on any atom is 0.334 e. The van der Waals surface area contributed by atoms with E-state index in [-0.39, 0.29) is 97.6 Å². The standard InChI is InChI=1S/C75H94N2O12/c1-73(85)43-77-56-34-51(33-52(35-56)69(82)50(41-76-2)21-18-44-19-24-57(25-20-44)87-42-65(73)80)47-22-23-48-40-67(81)89-71-58(48)37-53(70(83)68(71)46-13-5-3-6-14-46)39-66-75(86)61-17-8-7-15-49(61)36-59-60(63(78)27-26-62(59)75)31-45-12-11-16-55(30-45)74(28-9-4-10-29-74)64(79)38-54(32-47)72(84)88-66/h11-12,16,30,33-35,37-38,44,46-50,57,59-62,64-66,69,76-77,79-80,82-83,85-86H,3-10,13-15,17,19-20,24-29,31-32,36,39-43H2,1-2H3. The molecule has 14 atom stereocenters. The molecule has 89 heavy (non-hydrogen) atoms. The van der Waals surface area contributed by atoms with Crippen LogP contribution in [0.4, 0.5) is 5.69 Å². The zero-order valence-corrected chi connectivity index (χ0v) is 52.3. The number of rotatable bonds is 4. The van der Waals surface area contributed by atoms with E-state index >= 15 is 4.79 Å². The van der Waals surface area contributed by atoms with Crippen molar-refractivity contribution in [3.05, 3.63) is 99.1 Å². The number of carbonyl (C=O) groups excluding carboxylic acids is 3. The highest BCUT2D eigenvalue weighted by Gasteiger charge is 2.62. The summed E-state index contributed by atoms with van der Waals surface area (Å²) in [5, 5.41) is 84.0. The SMILES string of the molecule is CNCC1C#CC2CCC(CC2)OCC(O)C(C)(O)CNc2cc(C3C#CC4CC(=O)Oc5c4cc(c(O)c5C4CCCCC4)CC4OC(=O)C(=CC(O)C5(CCCCC5)c5cccc(c5)CC5C(=O)CCC6C5CC5CCCCC5C46O)C3)cc(c2)C1O. The average Bonchev–Trinajstić information content (AvgIpc) is 1.29. The van der Waals surface area contributed by atoms with Crippen molar-refractivity contribution in [2.24, 2.45) is 41.4 Å². The van der Waals surface area contributed by atoms with Crippen molar-refractivity contribution in [1.29, 1.82) is 0 Å². The maximum absolute atomic E-state index is 16.5. The van der Waals surface area contributed by atoms with E-state index in [1.165, 1.54) is 0 Å². The number of benzene rings is 3. The molecule has 1 spiro atoms. The van der Waals surface area contributed by atoms with Gasteiger partial charge in [0.25, 0.3) is 0 Å². The predicted octanol–water partition coefficient (Wildman–Crippen LogP) is 10.4. The van der Waals surface area contributed by atoms with Gasteiger partial charge >= 0.3 is 11.9 Å². The smallest absolute Gasteiger partial charge is 0.334 e. The minimum absolute atomic E-state index is 0.0230. The molecule has 476 valence electrons. The normalized spacial score (nSPS) is 36.6. The van der Waals surface area contributed by atoms with Crippen molar-refractivity contribution in [2.75, 3.05) is 32.1 Å². The fraction of sp³-hybridized carbons (Fsp3) is 0.640. The fourth-order valence-electron chi connectivity index (χ4n) is 18.6. The minimum atomic E-state index is -1.66. The summed E-state index contributed by atoms with van der Waals surface area (Å²) in [4.78, 5) is 45.4. The third-order valence-electron chi connectivity index (χ3n) is 23.6. The number of fused-ring (bicyclic) bond motifs is 19. The molecular formula is C75H94N2O12. The van der Waals surface area contributed by atoms with E-state index in [1.807, 2.05) is 37.4 Å². The van der Waals surface area contributed by atoms with Crippen molar-refractivity contribution in [3.8, 4) is 35.2 Å². The van der Waals surface area contributed by atoms with Gasteiger partial charge in [-0.25, -0.2) is 4.79 Å². The first kappa shape index (κ1) is 62.3. The molecular weight excluding hydrogens is 1120 g/mol. The number of ketones is 1. The highest BCUT2D eigenvalue weighted by molar-refractivity contribution is 5.89. The van der Waals surface area contributed by atoms with Crippen molar-refractivity contribution in [3.63, 3.8) is 0 Å². The summed E-state index contributed by atoms with van der Waals surface area (Å²) in [5.74, 6) is 10.0. The number of ether oxygens (including phenoxy) is 3. The number of anilines is 1. The highest BCUT2D eigenvalue weighted by atomic mass is 16.6. The van der Waals surface area contributed by atoms with Gasteiger partial charge in [0.15, 0.2) is 0 Å². The lowest BCUT2D eigenvalue weighted by molar-refractivity contribution is -0.228. The second-order valence-electron chi connectivity index (χ2n) is 29.2. The molecule has 6 fully saturated rings. The van der Waals surface area contributed by atoms with Crippen LogP contribution in [-0.4, -0.2) is 111 Å². The first-order valence-corrected chi connectivity index (χ1v) is 34.3. The lowest BCUT2D eigenvalue weighted by Gasteiger charge is -2.59. The van der Waals surface area contributed by atoms with Crippen LogP contribution in [0.15, 0.2) is 60.2 Å². The summed E-state index contributed by atoms with van der Waals surface area (Å²) < 4.78 is 19.8. The van der Waals surface area contributed by atoms with Gasteiger partial charge in [-0.15, -0.1) is 0 Å². The molecule has 0 aromatic heterocycles. The topological polar surface area (TPSA) is 224 Å². The van der Waals surface area contributed by atoms with E-state index in [0.717, 1.165) is 114 Å². The van der Waals surface area contributed by atoms with Crippen LogP contribution in [0.5, 0.6) is 11.5 Å². The molecule has 5 aliphatic heterocycles. The van der Waals surface area contributed by atoms with E-state index in [9.17, 15) is 40.2 Å². The third-order valence-corrected chi connectivity index (χ3v) is 23.6. The van der Waals surface area contributed by atoms with Crippen LogP contribution in [0.2, 0.25) is 0 Å². The van der Waals surface area contributed by atoms with Crippen molar-refractivity contribution >= 4 is 23.4 Å². The molecule has 0 radical (unpaired) electrons. The Balaban J connectivity index is 1.04. The quantitative estimate of drug-likeness (QED) is 0.0692. The Morgan fingerprint density at radius 1 is 0.753 bits per heavy atom. The molecule has 11 aliphatic rings. The number of hydrogen-bond donors (Lipinski definition) is 8. The molecule has 14 heteroatoms. The van der Waals surface area contributed by atoms with Gasteiger partial charge in [-0.2, -0.15) is 0 Å². The molecule has 0 amide bonds. The number of nitrogens with one attached hydrogen (secondary N) is 2. The first-order chi connectivity index (χ1) is 43.0. The number of hydrogen-bond acceptors (Lipinski definition) is 14. The Kier molecular flexibility index (Phi) is 18.1. The van der Waals surface area contributed by atoms with Gasteiger partial charge in [0.2, 0.25) is 0 Å². The minimum Gasteiger partial charge on any atom is -0.507 e. The maximum atomic E-state index is 16.5. The van der Waals surface area contributed by atoms with Crippen LogP contribution in [0.25, 0.3) is 0 Å². The van der Waals surface area contributed by atoms with Gasteiger partial charge in [-0.05, 0) is 179 Å². The molecule has 14 unspecified atom stereocenters. The highest BCUT2D eigenvalue weighted by Crippen LogP contribution is 2.60. The Hall–Kier alpha value is -5.55. The number of esters is 2. The Morgan fingerprint density at radius 2 is 1.51 bits per heavy atom. The molecule has 5 heterocycles. The lowest BCUT2D eigenvalue weighted by Crippen LogP contribution is -2.65. The van der Waals surface area contributed by atoms with Crippen LogP contribution in [-0.2, 0) is 42.1 Å². The Labute approximate surface area is 525 Å². The van der Waals surface area contributed by atoms with Gasteiger partial charge in [0.05, 0.1) is 43.2 Å². The number of aromatic hydroxyl groups is 1. The number of aliphatic hydroxyl groups is 5. The van der Waals surface area contributed by atoms with E-state index < -0.39 is 76.6 Å². The van der Waals surface area contributed by atoms with Gasteiger partial charge in [-0.1, -0.05) is 112 Å². The van der Waals surface area contributed by atoms with Gasteiger partial charge < -0.3 is 55.5 Å². The number of carbonyl (C=O) groups is 3. The first-order valence-electron chi connectivity index (χ1n) is 34.3.